The van der Waals surface area contributed by atoms with E-state index in [1.54, 1.807) is 85.3 Å². The number of rotatable bonds is 32. The Morgan fingerprint density at radius 2 is 0.426 bits per heavy atom. The summed E-state index contributed by atoms with van der Waals surface area (Å²) in [5.74, 6) is 0. The van der Waals surface area contributed by atoms with E-state index in [2.05, 4.69) is 0 Å². The molecule has 0 heterocycles. The predicted molar refractivity (Wildman–Crippen MR) is 207 cm³/mol. The van der Waals surface area contributed by atoms with Gasteiger partial charge in [0.1, 0.15) is 0 Å². The Kier molecular flexibility index (Phi) is 19.3. The van der Waals surface area contributed by atoms with Crippen molar-refractivity contribution in [3.05, 3.63) is 0 Å². The van der Waals surface area contributed by atoms with Crippen molar-refractivity contribution in [1.82, 2.24) is 0 Å². The lowest BCUT2D eigenvalue weighted by Gasteiger charge is -2.68. The zero-order valence-electron chi connectivity index (χ0n) is 35.3. The number of hydrogen-bond acceptors (Lipinski definition) is 16. The second-order valence-electron chi connectivity index (χ2n) is 14.8. The van der Waals surface area contributed by atoms with Crippen molar-refractivity contribution in [3.8, 4) is 0 Å². The molecule has 320 valence electrons. The molecule has 0 aromatic heterocycles. The molecule has 0 radical (unpaired) electrons. The second kappa shape index (κ2) is 21.5. The minimum atomic E-state index is -2.76. The van der Waals surface area contributed by atoms with Gasteiger partial charge >= 0.3 is 35.2 Å². The van der Waals surface area contributed by atoms with Gasteiger partial charge < -0.3 is 72.1 Å². The van der Waals surface area contributed by atoms with Gasteiger partial charge in [0.15, 0.2) is 0 Å². The summed E-state index contributed by atoms with van der Waals surface area (Å²) in [5.41, 5.74) is -2.15. The first kappa shape index (κ1) is 48.6. The normalized spacial score (nSPS) is 27.3. The zero-order chi connectivity index (χ0) is 40.0. The van der Waals surface area contributed by atoms with Gasteiger partial charge in [0, 0.05) is 174 Å². The third-order valence-corrected chi connectivity index (χ3v) is 23.1. The predicted octanol–water partition coefficient (Wildman–Crippen LogP) is 4.46. The average molecular weight is 849 g/mol. The molecule has 4 saturated carbocycles. The van der Waals surface area contributed by atoms with Crippen LogP contribution in [0.4, 0.5) is 0 Å². The van der Waals surface area contributed by atoms with Crippen LogP contribution in [-0.4, -0.2) is 169 Å². The van der Waals surface area contributed by atoms with Crippen LogP contribution >= 0.6 is 0 Å². The summed E-state index contributed by atoms with van der Waals surface area (Å²) in [7, 11) is 8.58. The summed E-state index contributed by atoms with van der Waals surface area (Å²) in [5, 5.41) is 0. The Morgan fingerprint density at radius 3 is 0.556 bits per heavy atom. The van der Waals surface area contributed by atoms with E-state index in [1.165, 1.54) is 0 Å². The van der Waals surface area contributed by atoms with Crippen LogP contribution in [0.3, 0.4) is 0 Å². The molecule has 0 unspecified atom stereocenters. The second-order valence-corrected chi connectivity index (χ2v) is 27.1. The van der Waals surface area contributed by atoms with Crippen LogP contribution in [0, 0.1) is 0 Å². The maximum Gasteiger partial charge on any atom is 0.500 e. The lowest BCUT2D eigenvalue weighted by atomic mass is 9.48. The van der Waals surface area contributed by atoms with Crippen LogP contribution in [0.25, 0.3) is 0 Å². The van der Waals surface area contributed by atoms with Crippen LogP contribution in [-0.2, 0) is 72.1 Å². The van der Waals surface area contributed by atoms with E-state index in [4.69, 9.17) is 72.1 Å². The van der Waals surface area contributed by atoms with Crippen molar-refractivity contribution in [2.75, 3.05) is 112 Å². The molecule has 4 bridgehead atoms. The molecule has 0 spiro atoms. The fourth-order valence-corrected chi connectivity index (χ4v) is 16.2. The molecular weight excluding hydrogens is 777 g/mol. The Hall–Kier alpha value is 0.228. The van der Waals surface area contributed by atoms with Crippen molar-refractivity contribution in [1.29, 1.82) is 0 Å². The van der Waals surface area contributed by atoms with Gasteiger partial charge in [-0.3, -0.25) is 0 Å². The summed E-state index contributed by atoms with van der Waals surface area (Å²) >= 11 is 0. The highest BCUT2D eigenvalue weighted by atomic mass is 28.4. The topological polar surface area (TPSA) is 148 Å². The molecule has 4 fully saturated rings. The highest BCUT2D eigenvalue weighted by molar-refractivity contribution is 6.61. The SMILES string of the molecule is CO[Si](CCCOC12CC3(OCCC[Si](OC)(OC)OC)CC(OCCC[Si](OC)(OC)OC)(C1)CC(OCCC[Si](OC)(OC)OC)(C2)C3)(OC)OC. The van der Waals surface area contributed by atoms with Crippen molar-refractivity contribution < 1.29 is 72.1 Å². The Labute approximate surface area is 329 Å². The quantitative estimate of drug-likeness (QED) is 0.0693. The third kappa shape index (κ3) is 11.7. The van der Waals surface area contributed by atoms with Gasteiger partial charge in [0.05, 0.1) is 22.4 Å². The molecule has 4 aliphatic rings. The van der Waals surface area contributed by atoms with Gasteiger partial charge in [-0.1, -0.05) is 0 Å². The molecule has 0 aliphatic heterocycles. The fraction of sp³-hybridized carbons (Fsp3) is 1.00. The largest absolute Gasteiger partial charge is 0.500 e. The van der Waals surface area contributed by atoms with Gasteiger partial charge in [-0.25, -0.2) is 0 Å². The number of ether oxygens (including phenoxy) is 4. The van der Waals surface area contributed by atoms with E-state index in [-0.39, 0.29) is 0 Å². The fourth-order valence-electron chi connectivity index (χ4n) is 9.42. The zero-order valence-corrected chi connectivity index (χ0v) is 39.3. The van der Waals surface area contributed by atoms with Crippen molar-refractivity contribution in [3.63, 3.8) is 0 Å². The molecule has 54 heavy (non-hydrogen) atoms. The van der Waals surface area contributed by atoms with Gasteiger partial charge in [0.25, 0.3) is 0 Å². The van der Waals surface area contributed by atoms with E-state index in [0.29, 0.717) is 76.3 Å². The van der Waals surface area contributed by atoms with Crippen LogP contribution in [0.2, 0.25) is 24.2 Å². The Bertz CT molecular complexity index is 846. The van der Waals surface area contributed by atoms with Crippen molar-refractivity contribution in [2.24, 2.45) is 0 Å². The highest BCUT2D eigenvalue weighted by Gasteiger charge is 2.71. The molecule has 0 saturated heterocycles. The average Bonchev–Trinajstić information content (AvgIpc) is 3.19. The van der Waals surface area contributed by atoms with Crippen molar-refractivity contribution >= 4 is 35.2 Å². The minimum Gasteiger partial charge on any atom is -0.377 e. The molecule has 0 amide bonds. The molecule has 4 aliphatic carbocycles. The van der Waals surface area contributed by atoms with Crippen LogP contribution in [0.1, 0.15) is 64.2 Å². The highest BCUT2D eigenvalue weighted by Crippen LogP contribution is 2.65. The van der Waals surface area contributed by atoms with E-state index in [0.717, 1.165) is 38.5 Å². The smallest absolute Gasteiger partial charge is 0.377 e. The molecule has 0 aromatic rings. The molecule has 20 heteroatoms. The molecule has 0 atom stereocenters. The third-order valence-electron chi connectivity index (χ3n) is 11.7. The van der Waals surface area contributed by atoms with Crippen LogP contribution < -0.4 is 0 Å². The van der Waals surface area contributed by atoms with Gasteiger partial charge in [-0.2, -0.15) is 0 Å². The number of hydrogen-bond donors (Lipinski definition) is 0. The molecule has 0 aromatic carbocycles. The summed E-state index contributed by atoms with van der Waals surface area (Å²) in [6, 6.07) is 2.54. The van der Waals surface area contributed by atoms with E-state index in [1.807, 2.05) is 0 Å². The summed E-state index contributed by atoms with van der Waals surface area (Å²) in [4.78, 5) is 0. The van der Waals surface area contributed by atoms with Crippen molar-refractivity contribution in [2.45, 2.75) is 111 Å². The summed E-state index contributed by atoms with van der Waals surface area (Å²) in [6.07, 6.45) is 7.27. The minimum absolute atomic E-state index is 0.504. The first-order valence-corrected chi connectivity index (χ1v) is 26.7. The maximum absolute atomic E-state index is 7.04. The standard InChI is InChI=1S/C34H72O16Si4/c1-35-51(36-2,37-3)21-13-17-47-31-25-32(48-18-14-22-52(38-4,39-5)40-6)28-33(26-31,49-19-15-23-53(41-7,42-8)43-9)30-34(27-31,29-32)50-20-16-24-54(44-10,45-11)46-12/h13-30H2,1-12H3. The van der Waals surface area contributed by atoms with Crippen LogP contribution in [0.15, 0.2) is 0 Å². The monoisotopic (exact) mass is 848 g/mol. The lowest BCUT2D eigenvalue weighted by molar-refractivity contribution is -0.334. The Morgan fingerprint density at radius 1 is 0.278 bits per heavy atom. The summed E-state index contributed by atoms with van der Waals surface area (Å²) in [6.45, 7) is 2.02. The first-order chi connectivity index (χ1) is 25.8. The van der Waals surface area contributed by atoms with Gasteiger partial charge in [-0.05, 0) is 25.7 Å². The van der Waals surface area contributed by atoms with E-state index >= 15 is 0 Å². The molecule has 4 rings (SSSR count). The van der Waals surface area contributed by atoms with E-state index < -0.39 is 57.6 Å². The van der Waals surface area contributed by atoms with Gasteiger partial charge in [0.2, 0.25) is 0 Å². The van der Waals surface area contributed by atoms with Gasteiger partial charge in [-0.15, -0.1) is 0 Å². The Balaban J connectivity index is 1.91. The maximum atomic E-state index is 7.04. The molecular formula is C34H72O16Si4. The molecule has 16 nitrogen and oxygen atoms in total. The first-order valence-electron chi connectivity index (χ1n) is 19.0. The lowest BCUT2D eigenvalue weighted by Crippen LogP contribution is -2.74. The molecule has 0 N–H and O–H groups in total. The van der Waals surface area contributed by atoms with E-state index in [9.17, 15) is 0 Å². The van der Waals surface area contributed by atoms with Crippen LogP contribution in [0.5, 0.6) is 0 Å². The summed E-state index contributed by atoms with van der Waals surface area (Å²) < 4.78 is 96.5.